The van der Waals surface area contributed by atoms with E-state index in [-0.39, 0.29) is 11.3 Å². The molecule has 0 radical (unpaired) electrons. The van der Waals surface area contributed by atoms with Crippen LogP contribution in [0.1, 0.15) is 0 Å². The van der Waals surface area contributed by atoms with Gasteiger partial charge in [-0.05, 0) is 6.07 Å². The Bertz CT molecular complexity index is 630. The molecule has 0 fully saturated rings. The quantitative estimate of drug-likeness (QED) is 0.851. The molecule has 17 heavy (non-hydrogen) atoms. The van der Waals surface area contributed by atoms with Gasteiger partial charge in [0.1, 0.15) is 17.2 Å². The Hall–Kier alpha value is -2.17. The molecule has 0 aliphatic carbocycles. The summed E-state index contributed by atoms with van der Waals surface area (Å²) in [5.41, 5.74) is 0.247. The number of hydrogen-bond acceptors (Lipinski definition) is 4. The minimum absolute atomic E-state index is 0.0831. The highest BCUT2D eigenvalue weighted by Gasteiger charge is 2.12. The summed E-state index contributed by atoms with van der Waals surface area (Å²) in [6.07, 6.45) is 0. The third-order valence-electron chi connectivity index (χ3n) is 2.71. The topological polar surface area (TPSA) is 60.7 Å². The number of benzene rings is 1. The van der Waals surface area contributed by atoms with E-state index in [0.29, 0.717) is 22.4 Å². The van der Waals surface area contributed by atoms with Gasteiger partial charge in [0.2, 0.25) is 0 Å². The average Bonchev–Trinajstić information content (AvgIpc) is 2.34. The molecule has 2 rings (SSSR count). The van der Waals surface area contributed by atoms with Gasteiger partial charge in [0, 0.05) is 24.6 Å². The Morgan fingerprint density at radius 2 is 1.88 bits per heavy atom. The van der Waals surface area contributed by atoms with Gasteiger partial charge in [-0.2, -0.15) is 0 Å². The van der Waals surface area contributed by atoms with Gasteiger partial charge >= 0.3 is 0 Å². The molecule has 1 N–H and O–H groups in total. The van der Waals surface area contributed by atoms with Gasteiger partial charge in [-0.3, -0.25) is 4.79 Å². The van der Waals surface area contributed by atoms with Crippen molar-refractivity contribution in [2.75, 3.05) is 14.2 Å². The zero-order valence-electron chi connectivity index (χ0n) is 9.85. The normalized spacial score (nSPS) is 10.5. The molecule has 5 heteroatoms. The van der Waals surface area contributed by atoms with Crippen LogP contribution in [0.25, 0.3) is 10.9 Å². The summed E-state index contributed by atoms with van der Waals surface area (Å²) < 4.78 is 11.7. The fraction of sp³-hybridized carbons (Fsp3) is 0.250. The molecule has 1 aromatic carbocycles. The van der Waals surface area contributed by atoms with Crippen molar-refractivity contribution in [3.05, 3.63) is 28.6 Å². The van der Waals surface area contributed by atoms with Gasteiger partial charge in [-0.15, -0.1) is 0 Å². The smallest absolute Gasteiger partial charge is 0.254 e. The van der Waals surface area contributed by atoms with Crippen LogP contribution in [0.5, 0.6) is 17.2 Å². The summed E-state index contributed by atoms with van der Waals surface area (Å²) >= 11 is 0. The van der Waals surface area contributed by atoms with Crippen LogP contribution in [0.15, 0.2) is 23.0 Å². The molecule has 0 aliphatic rings. The van der Waals surface area contributed by atoms with E-state index >= 15 is 0 Å². The Kier molecular flexibility index (Phi) is 2.67. The van der Waals surface area contributed by atoms with Crippen LogP contribution >= 0.6 is 0 Å². The lowest BCUT2D eigenvalue weighted by Gasteiger charge is -2.12. The van der Waals surface area contributed by atoms with Gasteiger partial charge in [0.25, 0.3) is 5.56 Å². The molecule has 0 unspecified atom stereocenters. The third-order valence-corrected chi connectivity index (χ3v) is 2.71. The van der Waals surface area contributed by atoms with Crippen LogP contribution in [-0.2, 0) is 7.05 Å². The number of fused-ring (bicyclic) bond motifs is 1. The van der Waals surface area contributed by atoms with E-state index in [9.17, 15) is 9.90 Å². The van der Waals surface area contributed by atoms with Crippen molar-refractivity contribution < 1.29 is 14.6 Å². The summed E-state index contributed by atoms with van der Waals surface area (Å²) in [7, 11) is 4.65. The van der Waals surface area contributed by atoms with E-state index in [1.165, 1.54) is 24.9 Å². The van der Waals surface area contributed by atoms with Crippen LogP contribution in [0.3, 0.4) is 0 Å². The van der Waals surface area contributed by atoms with Crippen LogP contribution in [0, 0.1) is 0 Å². The van der Waals surface area contributed by atoms with Gasteiger partial charge < -0.3 is 19.1 Å². The molecule has 90 valence electrons. The van der Waals surface area contributed by atoms with Crippen molar-refractivity contribution in [1.82, 2.24) is 4.57 Å². The maximum atomic E-state index is 11.6. The van der Waals surface area contributed by atoms with E-state index in [4.69, 9.17) is 9.47 Å². The van der Waals surface area contributed by atoms with Gasteiger partial charge in [-0.25, -0.2) is 0 Å². The lowest BCUT2D eigenvalue weighted by molar-refractivity contribution is 0.396. The second-order valence-corrected chi connectivity index (χ2v) is 3.65. The first-order valence-corrected chi connectivity index (χ1v) is 5.03. The third kappa shape index (κ3) is 1.69. The maximum absolute atomic E-state index is 11.6. The van der Waals surface area contributed by atoms with E-state index in [0.717, 1.165) is 0 Å². The number of aromatic hydroxyl groups is 1. The molecule has 1 heterocycles. The standard InChI is InChI=1S/C12H13NO4/c1-13-11(15)6-9(14)8-4-7(16-2)5-10(17-3)12(8)13/h4-6,14H,1-3H3. The summed E-state index contributed by atoms with van der Waals surface area (Å²) in [6.45, 7) is 0. The number of methoxy groups -OCH3 is 2. The first-order chi connectivity index (χ1) is 8.08. The van der Waals surface area contributed by atoms with Crippen molar-refractivity contribution in [3.63, 3.8) is 0 Å². The van der Waals surface area contributed by atoms with Gasteiger partial charge in [-0.1, -0.05) is 0 Å². The van der Waals surface area contributed by atoms with Gasteiger partial charge in [0.05, 0.1) is 19.7 Å². The van der Waals surface area contributed by atoms with Crippen molar-refractivity contribution in [1.29, 1.82) is 0 Å². The zero-order valence-corrected chi connectivity index (χ0v) is 9.85. The fourth-order valence-corrected chi connectivity index (χ4v) is 1.80. The van der Waals surface area contributed by atoms with Crippen molar-refractivity contribution in [2.24, 2.45) is 7.05 Å². The van der Waals surface area contributed by atoms with E-state index in [1.807, 2.05) is 0 Å². The number of aryl methyl sites for hydroxylation is 1. The molecule has 0 spiro atoms. The van der Waals surface area contributed by atoms with E-state index in [2.05, 4.69) is 0 Å². The summed E-state index contributed by atoms with van der Waals surface area (Å²) in [5, 5.41) is 10.3. The maximum Gasteiger partial charge on any atom is 0.254 e. The van der Waals surface area contributed by atoms with Crippen molar-refractivity contribution >= 4 is 10.9 Å². The first-order valence-electron chi connectivity index (χ1n) is 5.03. The molecule has 0 bridgehead atoms. The molecule has 0 aliphatic heterocycles. The molecule has 5 nitrogen and oxygen atoms in total. The predicted octanol–water partition coefficient (Wildman–Crippen LogP) is 1.26. The molecule has 0 saturated heterocycles. The lowest BCUT2D eigenvalue weighted by Crippen LogP contribution is -2.16. The predicted molar refractivity (Wildman–Crippen MR) is 64.0 cm³/mol. The molecule has 0 amide bonds. The Morgan fingerprint density at radius 3 is 2.47 bits per heavy atom. The minimum Gasteiger partial charge on any atom is -0.507 e. The first kappa shape index (κ1) is 11.3. The SMILES string of the molecule is COc1cc(OC)c2c(c1)c(O)cc(=O)n2C. The number of nitrogens with zero attached hydrogens (tertiary/aromatic N) is 1. The second-order valence-electron chi connectivity index (χ2n) is 3.65. The van der Waals surface area contributed by atoms with Crippen LogP contribution in [0.2, 0.25) is 0 Å². The fourth-order valence-electron chi connectivity index (χ4n) is 1.80. The number of pyridine rings is 1. The minimum atomic E-state index is -0.293. The average molecular weight is 235 g/mol. The number of hydrogen-bond donors (Lipinski definition) is 1. The number of aromatic nitrogens is 1. The highest BCUT2D eigenvalue weighted by atomic mass is 16.5. The largest absolute Gasteiger partial charge is 0.507 e. The molecule has 1 aromatic heterocycles. The van der Waals surface area contributed by atoms with Crippen LogP contribution < -0.4 is 15.0 Å². The van der Waals surface area contributed by atoms with Crippen LogP contribution in [0.4, 0.5) is 0 Å². The Labute approximate surface area is 97.8 Å². The summed E-state index contributed by atoms with van der Waals surface area (Å²) in [4.78, 5) is 11.6. The summed E-state index contributed by atoms with van der Waals surface area (Å²) in [5.74, 6) is 0.957. The second kappa shape index (κ2) is 4.01. The molecule has 2 aromatic rings. The van der Waals surface area contributed by atoms with Crippen molar-refractivity contribution in [2.45, 2.75) is 0 Å². The van der Waals surface area contributed by atoms with Crippen molar-refractivity contribution in [3.8, 4) is 17.2 Å². The highest BCUT2D eigenvalue weighted by molar-refractivity contribution is 5.91. The zero-order chi connectivity index (χ0) is 12.6. The van der Waals surface area contributed by atoms with E-state index < -0.39 is 0 Å². The number of rotatable bonds is 2. The number of ether oxygens (including phenoxy) is 2. The van der Waals surface area contributed by atoms with E-state index in [1.54, 1.807) is 19.2 Å². The summed E-state index contributed by atoms with van der Waals surface area (Å²) in [6, 6.07) is 4.50. The molecule has 0 atom stereocenters. The monoisotopic (exact) mass is 235 g/mol. The molecule has 0 saturated carbocycles. The molecular weight excluding hydrogens is 222 g/mol. The van der Waals surface area contributed by atoms with Crippen LogP contribution in [-0.4, -0.2) is 23.9 Å². The highest BCUT2D eigenvalue weighted by Crippen LogP contribution is 2.34. The Morgan fingerprint density at radius 1 is 1.18 bits per heavy atom. The van der Waals surface area contributed by atoms with Gasteiger partial charge in [0.15, 0.2) is 0 Å². The molecular formula is C12H13NO4. The Balaban J connectivity index is 2.98. The lowest BCUT2D eigenvalue weighted by atomic mass is 10.1.